The van der Waals surface area contributed by atoms with Crippen molar-refractivity contribution in [2.45, 2.75) is 5.33 Å². The maximum absolute atomic E-state index is 5.80. The molecule has 0 atom stereocenters. The first-order chi connectivity index (χ1) is 9.36. The third-order valence-electron chi connectivity index (χ3n) is 2.77. The summed E-state index contributed by atoms with van der Waals surface area (Å²) in [6.07, 6.45) is 3.44. The fourth-order valence-corrected chi connectivity index (χ4v) is 2.26. The number of hydrogen-bond acceptors (Lipinski definition) is 3. The predicted octanol–water partition coefficient (Wildman–Crippen LogP) is 4.32. The van der Waals surface area contributed by atoms with Gasteiger partial charge in [-0.05, 0) is 18.2 Å². The molecule has 0 saturated heterocycles. The van der Waals surface area contributed by atoms with Crippen LogP contribution in [0, 0.1) is 0 Å². The lowest BCUT2D eigenvalue weighted by Gasteiger charge is -2.08. The molecule has 0 amide bonds. The number of fused-ring (bicyclic) bond motifs is 1. The van der Waals surface area contributed by atoms with Gasteiger partial charge in [-0.2, -0.15) is 0 Å². The summed E-state index contributed by atoms with van der Waals surface area (Å²) in [6.45, 7) is 0. The lowest BCUT2D eigenvalue weighted by Crippen LogP contribution is -1.93. The number of pyridine rings is 2. The summed E-state index contributed by atoms with van der Waals surface area (Å²) in [5.74, 6) is 1.30. The molecule has 1 aromatic carbocycles. The monoisotopic (exact) mass is 314 g/mol. The van der Waals surface area contributed by atoms with Gasteiger partial charge in [0, 0.05) is 22.5 Å². The summed E-state index contributed by atoms with van der Waals surface area (Å²) < 4.78 is 5.80. The second-order valence-electron chi connectivity index (χ2n) is 4.07. The Morgan fingerprint density at radius 1 is 1.05 bits per heavy atom. The normalized spacial score (nSPS) is 10.6. The molecule has 0 saturated carbocycles. The van der Waals surface area contributed by atoms with Gasteiger partial charge in [-0.1, -0.05) is 40.2 Å². The van der Waals surface area contributed by atoms with Crippen LogP contribution in [0.1, 0.15) is 5.56 Å². The second-order valence-corrected chi connectivity index (χ2v) is 4.63. The number of hydrogen-bond donors (Lipinski definition) is 0. The molecule has 0 unspecified atom stereocenters. The molecule has 3 nitrogen and oxygen atoms in total. The van der Waals surface area contributed by atoms with Crippen LogP contribution in [-0.4, -0.2) is 9.97 Å². The number of nitrogens with zero attached hydrogens (tertiary/aromatic N) is 2. The van der Waals surface area contributed by atoms with Crippen LogP contribution in [0.25, 0.3) is 10.9 Å². The van der Waals surface area contributed by atoms with Gasteiger partial charge in [0.15, 0.2) is 0 Å². The van der Waals surface area contributed by atoms with Crippen LogP contribution in [0.2, 0.25) is 0 Å². The maximum Gasteiger partial charge on any atom is 0.223 e. The standard InChI is InChI=1S/C15H11BrN2O/c16-9-12-5-3-7-17-15(12)19-13-8-11-4-1-2-6-14(11)18-10-13/h1-8,10H,9H2. The number of ether oxygens (including phenoxy) is 1. The lowest BCUT2D eigenvalue weighted by molar-refractivity contribution is 0.457. The van der Waals surface area contributed by atoms with Gasteiger partial charge < -0.3 is 4.74 Å². The number of halogens is 1. The van der Waals surface area contributed by atoms with Crippen LogP contribution >= 0.6 is 15.9 Å². The van der Waals surface area contributed by atoms with Gasteiger partial charge in [-0.15, -0.1) is 0 Å². The van der Waals surface area contributed by atoms with Crippen molar-refractivity contribution >= 4 is 26.8 Å². The molecule has 0 aliphatic heterocycles. The molecule has 2 aromatic heterocycles. The smallest absolute Gasteiger partial charge is 0.223 e. The molecule has 0 spiro atoms. The molecule has 0 N–H and O–H groups in total. The van der Waals surface area contributed by atoms with E-state index in [1.165, 1.54) is 0 Å². The topological polar surface area (TPSA) is 35.0 Å². The van der Waals surface area contributed by atoms with E-state index in [0.717, 1.165) is 16.5 Å². The Balaban J connectivity index is 1.96. The Hall–Kier alpha value is -1.94. The SMILES string of the molecule is BrCc1cccnc1Oc1cnc2ccccc2c1. The third kappa shape index (κ3) is 2.58. The Morgan fingerprint density at radius 2 is 1.95 bits per heavy atom. The maximum atomic E-state index is 5.80. The van der Waals surface area contributed by atoms with Crippen molar-refractivity contribution in [1.29, 1.82) is 0 Å². The van der Waals surface area contributed by atoms with E-state index in [9.17, 15) is 0 Å². The number of rotatable bonds is 3. The van der Waals surface area contributed by atoms with Gasteiger partial charge >= 0.3 is 0 Å². The molecule has 3 aromatic rings. The first-order valence-electron chi connectivity index (χ1n) is 5.89. The molecule has 0 fully saturated rings. The van der Waals surface area contributed by atoms with Crippen LogP contribution < -0.4 is 4.74 Å². The zero-order valence-corrected chi connectivity index (χ0v) is 11.7. The van der Waals surface area contributed by atoms with Gasteiger partial charge in [-0.3, -0.25) is 4.98 Å². The molecule has 0 aliphatic carbocycles. The van der Waals surface area contributed by atoms with E-state index in [0.29, 0.717) is 17.0 Å². The summed E-state index contributed by atoms with van der Waals surface area (Å²) in [4.78, 5) is 8.61. The van der Waals surface area contributed by atoms with Crippen molar-refractivity contribution in [2.75, 3.05) is 0 Å². The Morgan fingerprint density at radius 3 is 2.84 bits per heavy atom. The Kier molecular flexibility index (Phi) is 3.42. The summed E-state index contributed by atoms with van der Waals surface area (Å²) >= 11 is 3.43. The van der Waals surface area contributed by atoms with Crippen molar-refractivity contribution in [3.05, 3.63) is 60.4 Å². The molecule has 3 rings (SSSR count). The van der Waals surface area contributed by atoms with Crippen molar-refractivity contribution in [3.8, 4) is 11.6 Å². The van der Waals surface area contributed by atoms with E-state index in [4.69, 9.17) is 4.74 Å². The number of para-hydroxylation sites is 1. The second kappa shape index (κ2) is 5.36. The Bertz CT molecular complexity index is 715. The molecule has 4 heteroatoms. The molecule has 0 aliphatic rings. The fourth-order valence-electron chi connectivity index (χ4n) is 1.84. The molecule has 19 heavy (non-hydrogen) atoms. The largest absolute Gasteiger partial charge is 0.437 e. The summed E-state index contributed by atoms with van der Waals surface area (Å²) in [6, 6.07) is 13.8. The summed E-state index contributed by atoms with van der Waals surface area (Å²) in [5.41, 5.74) is 1.97. The van der Waals surface area contributed by atoms with Gasteiger partial charge in [0.05, 0.1) is 11.7 Å². The quantitative estimate of drug-likeness (QED) is 0.675. The molecular formula is C15H11BrN2O. The number of alkyl halides is 1. The van der Waals surface area contributed by atoms with E-state index >= 15 is 0 Å². The van der Waals surface area contributed by atoms with E-state index in [-0.39, 0.29) is 0 Å². The van der Waals surface area contributed by atoms with E-state index in [1.54, 1.807) is 12.4 Å². The molecule has 0 radical (unpaired) electrons. The van der Waals surface area contributed by atoms with Crippen LogP contribution in [-0.2, 0) is 5.33 Å². The minimum atomic E-state index is 0.608. The lowest BCUT2D eigenvalue weighted by atomic mass is 10.2. The highest BCUT2D eigenvalue weighted by molar-refractivity contribution is 9.08. The van der Waals surface area contributed by atoms with Crippen LogP contribution in [0.3, 0.4) is 0 Å². The first kappa shape index (κ1) is 12.1. The molecule has 0 bridgehead atoms. The fraction of sp³-hybridized carbons (Fsp3) is 0.0667. The highest BCUT2D eigenvalue weighted by Gasteiger charge is 2.05. The third-order valence-corrected chi connectivity index (χ3v) is 3.38. The van der Waals surface area contributed by atoms with Gasteiger partial charge in [0.2, 0.25) is 5.88 Å². The number of aromatic nitrogens is 2. The highest BCUT2D eigenvalue weighted by atomic mass is 79.9. The van der Waals surface area contributed by atoms with Crippen LogP contribution in [0.4, 0.5) is 0 Å². The molecule has 2 heterocycles. The van der Waals surface area contributed by atoms with Crippen molar-refractivity contribution < 1.29 is 4.74 Å². The first-order valence-corrected chi connectivity index (χ1v) is 7.01. The minimum Gasteiger partial charge on any atom is -0.437 e. The highest BCUT2D eigenvalue weighted by Crippen LogP contribution is 2.26. The Labute approximate surface area is 119 Å². The van der Waals surface area contributed by atoms with Crippen LogP contribution in [0.5, 0.6) is 11.6 Å². The summed E-state index contributed by atoms with van der Waals surface area (Å²) in [5, 5.41) is 1.76. The average molecular weight is 315 g/mol. The minimum absolute atomic E-state index is 0.608. The van der Waals surface area contributed by atoms with Crippen molar-refractivity contribution in [1.82, 2.24) is 9.97 Å². The summed E-state index contributed by atoms with van der Waals surface area (Å²) in [7, 11) is 0. The van der Waals surface area contributed by atoms with Crippen LogP contribution in [0.15, 0.2) is 54.9 Å². The van der Waals surface area contributed by atoms with Crippen molar-refractivity contribution in [3.63, 3.8) is 0 Å². The molecular weight excluding hydrogens is 304 g/mol. The zero-order chi connectivity index (χ0) is 13.1. The number of benzene rings is 1. The average Bonchev–Trinajstić information content (AvgIpc) is 2.48. The molecule has 94 valence electrons. The van der Waals surface area contributed by atoms with E-state index in [1.807, 2.05) is 42.5 Å². The van der Waals surface area contributed by atoms with E-state index < -0.39 is 0 Å². The predicted molar refractivity (Wildman–Crippen MR) is 78.7 cm³/mol. The van der Waals surface area contributed by atoms with E-state index in [2.05, 4.69) is 25.9 Å². The van der Waals surface area contributed by atoms with Gasteiger partial charge in [-0.25, -0.2) is 4.98 Å². The zero-order valence-electron chi connectivity index (χ0n) is 10.1. The van der Waals surface area contributed by atoms with Gasteiger partial charge in [0.1, 0.15) is 5.75 Å². The van der Waals surface area contributed by atoms with Gasteiger partial charge in [0.25, 0.3) is 0 Å². The van der Waals surface area contributed by atoms with Crippen molar-refractivity contribution in [2.24, 2.45) is 0 Å².